The molecule has 0 aromatic heterocycles. The molecule has 2 nitrogen and oxygen atoms in total. The van der Waals surface area contributed by atoms with Crippen LogP contribution >= 0.6 is 0 Å². The summed E-state index contributed by atoms with van der Waals surface area (Å²) >= 11 is 0. The van der Waals surface area contributed by atoms with Gasteiger partial charge in [-0.05, 0) is 12.3 Å². The SMILES string of the molecule is O=C(NCCC1CCCCC1)C(F)F. The monoisotopic (exact) mass is 205 g/mol. The highest BCUT2D eigenvalue weighted by atomic mass is 19.3. The maximum absolute atomic E-state index is 11.8. The molecule has 0 bridgehead atoms. The van der Waals surface area contributed by atoms with Crippen molar-refractivity contribution in [1.82, 2.24) is 5.32 Å². The molecule has 1 saturated carbocycles. The molecule has 0 unspecified atom stereocenters. The predicted molar refractivity (Wildman–Crippen MR) is 50.2 cm³/mol. The van der Waals surface area contributed by atoms with Gasteiger partial charge in [-0.3, -0.25) is 4.79 Å². The van der Waals surface area contributed by atoms with E-state index in [-0.39, 0.29) is 0 Å². The topological polar surface area (TPSA) is 29.1 Å². The summed E-state index contributed by atoms with van der Waals surface area (Å²) in [6, 6.07) is 0. The summed E-state index contributed by atoms with van der Waals surface area (Å²) in [5.74, 6) is -0.512. The van der Waals surface area contributed by atoms with E-state index in [1.807, 2.05) is 0 Å². The number of halogens is 2. The molecule has 0 saturated heterocycles. The maximum Gasteiger partial charge on any atom is 0.315 e. The lowest BCUT2D eigenvalue weighted by atomic mass is 9.87. The number of hydrogen-bond donors (Lipinski definition) is 1. The molecule has 0 atom stereocenters. The second-order valence-corrected chi connectivity index (χ2v) is 3.88. The lowest BCUT2D eigenvalue weighted by molar-refractivity contribution is -0.131. The Morgan fingerprint density at radius 3 is 2.50 bits per heavy atom. The number of carbonyl (C=O) groups is 1. The summed E-state index contributed by atoms with van der Waals surface area (Å²) in [5.41, 5.74) is 0. The summed E-state index contributed by atoms with van der Waals surface area (Å²) in [4.78, 5) is 10.5. The summed E-state index contributed by atoms with van der Waals surface area (Å²) < 4.78 is 23.6. The van der Waals surface area contributed by atoms with Crippen LogP contribution in [-0.4, -0.2) is 18.9 Å². The Labute approximate surface area is 83.1 Å². The highest BCUT2D eigenvalue weighted by Gasteiger charge is 2.16. The summed E-state index contributed by atoms with van der Waals surface area (Å²) in [6.07, 6.45) is 4.12. The van der Waals surface area contributed by atoms with Crippen molar-refractivity contribution < 1.29 is 13.6 Å². The van der Waals surface area contributed by atoms with Gasteiger partial charge in [-0.1, -0.05) is 32.1 Å². The fourth-order valence-electron chi connectivity index (χ4n) is 1.95. The van der Waals surface area contributed by atoms with Crippen molar-refractivity contribution in [3.05, 3.63) is 0 Å². The van der Waals surface area contributed by atoms with Crippen LogP contribution in [0.2, 0.25) is 0 Å². The number of alkyl halides is 2. The van der Waals surface area contributed by atoms with E-state index in [4.69, 9.17) is 0 Å². The Balaban J connectivity index is 2.05. The first-order valence-corrected chi connectivity index (χ1v) is 5.26. The van der Waals surface area contributed by atoms with Crippen LogP contribution in [0.3, 0.4) is 0 Å². The summed E-state index contributed by atoms with van der Waals surface area (Å²) in [7, 11) is 0. The molecule has 0 heterocycles. The van der Waals surface area contributed by atoms with E-state index in [0.717, 1.165) is 6.42 Å². The van der Waals surface area contributed by atoms with Crippen LogP contribution in [0, 0.1) is 5.92 Å². The molecule has 14 heavy (non-hydrogen) atoms. The van der Waals surface area contributed by atoms with E-state index >= 15 is 0 Å². The Hall–Kier alpha value is -0.670. The van der Waals surface area contributed by atoms with Crippen LogP contribution in [0.4, 0.5) is 8.78 Å². The fraction of sp³-hybridized carbons (Fsp3) is 0.900. The molecule has 1 amide bonds. The van der Waals surface area contributed by atoms with Gasteiger partial charge in [0.05, 0.1) is 0 Å². The van der Waals surface area contributed by atoms with Gasteiger partial charge in [0.25, 0.3) is 5.91 Å². The van der Waals surface area contributed by atoms with E-state index in [1.165, 1.54) is 32.1 Å². The number of rotatable bonds is 4. The third kappa shape index (κ3) is 4.03. The van der Waals surface area contributed by atoms with Gasteiger partial charge < -0.3 is 5.32 Å². The highest BCUT2D eigenvalue weighted by Crippen LogP contribution is 2.25. The third-order valence-corrected chi connectivity index (χ3v) is 2.77. The molecule has 0 aromatic rings. The van der Waals surface area contributed by atoms with Crippen LogP contribution in [-0.2, 0) is 4.79 Å². The molecule has 0 radical (unpaired) electrons. The second-order valence-electron chi connectivity index (χ2n) is 3.88. The average molecular weight is 205 g/mol. The fourth-order valence-corrected chi connectivity index (χ4v) is 1.95. The van der Waals surface area contributed by atoms with Crippen LogP contribution in [0.25, 0.3) is 0 Å². The zero-order valence-electron chi connectivity index (χ0n) is 8.27. The van der Waals surface area contributed by atoms with Gasteiger partial charge in [0.2, 0.25) is 0 Å². The van der Waals surface area contributed by atoms with Crippen LogP contribution < -0.4 is 5.32 Å². The molecule has 0 aliphatic heterocycles. The van der Waals surface area contributed by atoms with Crippen LogP contribution in [0.15, 0.2) is 0 Å². The summed E-state index contributed by atoms with van der Waals surface area (Å²) in [6.45, 7) is 0.397. The van der Waals surface area contributed by atoms with Gasteiger partial charge in [0.1, 0.15) is 0 Å². The number of amides is 1. The number of hydrogen-bond acceptors (Lipinski definition) is 1. The zero-order valence-corrected chi connectivity index (χ0v) is 8.27. The molecule has 0 spiro atoms. The molecular formula is C10H17F2NO. The molecule has 1 fully saturated rings. The lowest BCUT2D eigenvalue weighted by Crippen LogP contribution is -2.31. The minimum atomic E-state index is -2.87. The first-order chi connectivity index (χ1) is 6.70. The van der Waals surface area contributed by atoms with E-state index in [1.54, 1.807) is 0 Å². The first-order valence-electron chi connectivity index (χ1n) is 5.26. The Bertz CT molecular complexity index is 179. The van der Waals surface area contributed by atoms with Gasteiger partial charge in [0, 0.05) is 6.54 Å². The molecule has 1 rings (SSSR count). The summed E-state index contributed by atoms with van der Waals surface area (Å²) in [5, 5.41) is 2.24. The largest absolute Gasteiger partial charge is 0.351 e. The maximum atomic E-state index is 11.8. The van der Waals surface area contributed by atoms with Gasteiger partial charge >= 0.3 is 6.43 Å². The van der Waals surface area contributed by atoms with Crippen molar-refractivity contribution >= 4 is 5.91 Å². The molecule has 82 valence electrons. The lowest BCUT2D eigenvalue weighted by Gasteiger charge is -2.21. The average Bonchev–Trinajstić information content (AvgIpc) is 2.19. The molecule has 0 aromatic carbocycles. The van der Waals surface area contributed by atoms with Gasteiger partial charge in [-0.2, -0.15) is 8.78 Å². The van der Waals surface area contributed by atoms with E-state index in [2.05, 4.69) is 5.32 Å². The predicted octanol–water partition coefficient (Wildman–Crippen LogP) is 2.34. The minimum Gasteiger partial charge on any atom is -0.351 e. The molecule has 1 N–H and O–H groups in total. The molecule has 1 aliphatic carbocycles. The van der Waals surface area contributed by atoms with E-state index in [9.17, 15) is 13.6 Å². The highest BCUT2D eigenvalue weighted by molar-refractivity contribution is 5.78. The second kappa shape index (κ2) is 5.94. The van der Waals surface area contributed by atoms with Crippen molar-refractivity contribution in [2.45, 2.75) is 45.0 Å². The quantitative estimate of drug-likeness (QED) is 0.749. The Morgan fingerprint density at radius 2 is 1.93 bits per heavy atom. The number of nitrogens with one attached hydrogen (secondary N) is 1. The minimum absolute atomic E-state index is 0.397. The van der Waals surface area contributed by atoms with Crippen LogP contribution in [0.1, 0.15) is 38.5 Å². The molecular weight excluding hydrogens is 188 g/mol. The van der Waals surface area contributed by atoms with Crippen molar-refractivity contribution in [2.75, 3.05) is 6.54 Å². The first kappa shape index (κ1) is 11.4. The normalized spacial score (nSPS) is 18.5. The zero-order chi connectivity index (χ0) is 10.4. The van der Waals surface area contributed by atoms with Gasteiger partial charge in [-0.25, -0.2) is 0 Å². The van der Waals surface area contributed by atoms with Gasteiger partial charge in [0.15, 0.2) is 0 Å². The Kier molecular flexibility index (Phi) is 4.84. The standard InChI is InChI=1S/C10H17F2NO/c11-9(12)10(14)13-7-6-8-4-2-1-3-5-8/h8-9H,1-7H2,(H,13,14). The van der Waals surface area contributed by atoms with Crippen molar-refractivity contribution in [3.8, 4) is 0 Å². The smallest absolute Gasteiger partial charge is 0.315 e. The number of carbonyl (C=O) groups excluding carboxylic acids is 1. The van der Waals surface area contributed by atoms with Gasteiger partial charge in [-0.15, -0.1) is 0 Å². The van der Waals surface area contributed by atoms with Crippen LogP contribution in [0.5, 0.6) is 0 Å². The van der Waals surface area contributed by atoms with Crippen molar-refractivity contribution in [3.63, 3.8) is 0 Å². The van der Waals surface area contributed by atoms with Crippen molar-refractivity contribution in [2.24, 2.45) is 5.92 Å². The van der Waals surface area contributed by atoms with E-state index < -0.39 is 12.3 Å². The molecule has 4 heteroatoms. The van der Waals surface area contributed by atoms with E-state index in [0.29, 0.717) is 12.5 Å². The Morgan fingerprint density at radius 1 is 1.29 bits per heavy atom. The molecule has 1 aliphatic rings. The van der Waals surface area contributed by atoms with Crippen molar-refractivity contribution in [1.29, 1.82) is 0 Å². The third-order valence-electron chi connectivity index (χ3n) is 2.77.